The SMILES string of the molecule is Cc1cc([N+](=O)[O-])ccc1-[n+]1ccc(-c2ccncc2)cc1. The molecule has 2 aromatic heterocycles. The maximum Gasteiger partial charge on any atom is 0.270 e. The van der Waals surface area contributed by atoms with Crippen molar-refractivity contribution in [2.24, 2.45) is 0 Å². The molecule has 0 spiro atoms. The fourth-order valence-corrected chi connectivity index (χ4v) is 2.37. The van der Waals surface area contributed by atoms with Crippen LogP contribution in [0.3, 0.4) is 0 Å². The summed E-state index contributed by atoms with van der Waals surface area (Å²) in [5.74, 6) is 0. The molecule has 0 aliphatic carbocycles. The van der Waals surface area contributed by atoms with Crippen molar-refractivity contribution < 1.29 is 9.49 Å². The molecule has 5 nitrogen and oxygen atoms in total. The number of rotatable bonds is 3. The number of aryl methyl sites for hydroxylation is 1. The van der Waals surface area contributed by atoms with E-state index in [1.165, 1.54) is 6.07 Å². The van der Waals surface area contributed by atoms with Crippen LogP contribution in [0.25, 0.3) is 16.8 Å². The molecule has 0 N–H and O–H groups in total. The highest BCUT2D eigenvalue weighted by Gasteiger charge is 2.14. The van der Waals surface area contributed by atoms with Crippen molar-refractivity contribution in [3.63, 3.8) is 0 Å². The molecular formula is C17H14N3O2+. The molecular weight excluding hydrogens is 278 g/mol. The van der Waals surface area contributed by atoms with Crippen LogP contribution in [0, 0.1) is 17.0 Å². The lowest BCUT2D eigenvalue weighted by atomic mass is 10.1. The molecule has 5 heteroatoms. The molecule has 0 radical (unpaired) electrons. The lowest BCUT2D eigenvalue weighted by molar-refractivity contribution is -0.596. The van der Waals surface area contributed by atoms with E-state index >= 15 is 0 Å². The van der Waals surface area contributed by atoms with E-state index in [2.05, 4.69) is 4.98 Å². The molecule has 0 saturated carbocycles. The van der Waals surface area contributed by atoms with Crippen LogP contribution in [-0.2, 0) is 0 Å². The summed E-state index contributed by atoms with van der Waals surface area (Å²) in [4.78, 5) is 14.4. The summed E-state index contributed by atoms with van der Waals surface area (Å²) in [6.45, 7) is 1.87. The fourth-order valence-electron chi connectivity index (χ4n) is 2.37. The van der Waals surface area contributed by atoms with Crippen molar-refractivity contribution in [2.45, 2.75) is 6.92 Å². The Kier molecular flexibility index (Phi) is 3.62. The van der Waals surface area contributed by atoms with Crippen LogP contribution in [0.1, 0.15) is 5.56 Å². The van der Waals surface area contributed by atoms with Crippen LogP contribution in [0.5, 0.6) is 0 Å². The third kappa shape index (κ3) is 2.69. The summed E-state index contributed by atoms with van der Waals surface area (Å²) in [5.41, 5.74) is 4.08. The van der Waals surface area contributed by atoms with Crippen LogP contribution in [-0.4, -0.2) is 9.91 Å². The molecule has 22 heavy (non-hydrogen) atoms. The number of aromatic nitrogens is 2. The van der Waals surface area contributed by atoms with Crippen LogP contribution >= 0.6 is 0 Å². The minimum absolute atomic E-state index is 0.107. The molecule has 0 unspecified atom stereocenters. The monoisotopic (exact) mass is 292 g/mol. The van der Waals surface area contributed by atoms with Gasteiger partial charge in [0.2, 0.25) is 5.69 Å². The van der Waals surface area contributed by atoms with E-state index in [9.17, 15) is 10.1 Å². The van der Waals surface area contributed by atoms with Gasteiger partial charge in [0.25, 0.3) is 5.69 Å². The van der Waals surface area contributed by atoms with Gasteiger partial charge in [0.15, 0.2) is 12.4 Å². The molecule has 0 aliphatic heterocycles. The van der Waals surface area contributed by atoms with Gasteiger partial charge in [-0.1, -0.05) is 0 Å². The molecule has 3 aromatic rings. The van der Waals surface area contributed by atoms with E-state index in [4.69, 9.17) is 0 Å². The Morgan fingerprint density at radius 1 is 1.00 bits per heavy atom. The van der Waals surface area contributed by atoms with Crippen LogP contribution in [0.2, 0.25) is 0 Å². The first-order valence-electron chi connectivity index (χ1n) is 6.82. The lowest BCUT2D eigenvalue weighted by Crippen LogP contribution is -2.30. The number of nitro groups is 1. The van der Waals surface area contributed by atoms with Gasteiger partial charge < -0.3 is 0 Å². The van der Waals surface area contributed by atoms with Crippen molar-refractivity contribution in [3.05, 3.63) is 82.9 Å². The number of benzene rings is 1. The Hall–Kier alpha value is -3.08. The van der Waals surface area contributed by atoms with E-state index in [1.807, 2.05) is 48.1 Å². The second-order valence-corrected chi connectivity index (χ2v) is 4.96. The van der Waals surface area contributed by atoms with Gasteiger partial charge in [0.05, 0.1) is 4.92 Å². The minimum atomic E-state index is -0.381. The van der Waals surface area contributed by atoms with Crippen LogP contribution < -0.4 is 4.57 Å². The smallest absolute Gasteiger partial charge is 0.265 e. The van der Waals surface area contributed by atoms with Gasteiger partial charge in [-0.2, -0.15) is 4.57 Å². The molecule has 0 atom stereocenters. The van der Waals surface area contributed by atoms with Crippen LogP contribution in [0.4, 0.5) is 5.69 Å². The van der Waals surface area contributed by atoms with E-state index in [0.29, 0.717) is 0 Å². The van der Waals surface area contributed by atoms with Gasteiger partial charge in [-0.3, -0.25) is 15.1 Å². The average molecular weight is 292 g/mol. The van der Waals surface area contributed by atoms with Gasteiger partial charge in [-0.25, -0.2) is 0 Å². The predicted octanol–water partition coefficient (Wildman–Crippen LogP) is 3.24. The number of nitrogens with zero attached hydrogens (tertiary/aromatic N) is 3. The molecule has 0 saturated heterocycles. The molecule has 3 rings (SSSR count). The highest BCUT2D eigenvalue weighted by molar-refractivity contribution is 5.61. The average Bonchev–Trinajstić information content (AvgIpc) is 2.56. The number of hydrogen-bond acceptors (Lipinski definition) is 3. The van der Waals surface area contributed by atoms with Gasteiger partial charge >= 0.3 is 0 Å². The third-order valence-electron chi connectivity index (χ3n) is 3.51. The van der Waals surface area contributed by atoms with Crippen molar-refractivity contribution in [3.8, 4) is 16.8 Å². The zero-order valence-corrected chi connectivity index (χ0v) is 12.0. The quantitative estimate of drug-likeness (QED) is 0.423. The minimum Gasteiger partial charge on any atom is -0.265 e. The number of nitro benzene ring substituents is 1. The number of non-ortho nitro benzene ring substituents is 1. The molecule has 0 amide bonds. The topological polar surface area (TPSA) is 59.9 Å². The van der Waals surface area contributed by atoms with E-state index < -0.39 is 0 Å². The Bertz CT molecular complexity index is 815. The molecule has 0 bridgehead atoms. The summed E-state index contributed by atoms with van der Waals surface area (Å²) in [5, 5.41) is 10.8. The van der Waals surface area contributed by atoms with Gasteiger partial charge in [0.1, 0.15) is 0 Å². The van der Waals surface area contributed by atoms with E-state index in [0.717, 1.165) is 22.4 Å². The number of hydrogen-bond donors (Lipinski definition) is 0. The Morgan fingerprint density at radius 3 is 2.23 bits per heavy atom. The largest absolute Gasteiger partial charge is 0.270 e. The third-order valence-corrected chi connectivity index (χ3v) is 3.51. The zero-order chi connectivity index (χ0) is 15.5. The normalized spacial score (nSPS) is 10.4. The number of pyridine rings is 2. The molecule has 0 aliphatic rings. The predicted molar refractivity (Wildman–Crippen MR) is 82.6 cm³/mol. The Morgan fingerprint density at radius 2 is 1.64 bits per heavy atom. The summed E-state index contributed by atoms with van der Waals surface area (Å²) in [6.07, 6.45) is 7.42. The van der Waals surface area contributed by atoms with Gasteiger partial charge in [0, 0.05) is 48.3 Å². The first-order valence-corrected chi connectivity index (χ1v) is 6.82. The maximum atomic E-state index is 10.8. The second-order valence-electron chi connectivity index (χ2n) is 4.96. The van der Waals surface area contributed by atoms with Crippen molar-refractivity contribution >= 4 is 5.69 Å². The second kappa shape index (κ2) is 5.73. The highest BCUT2D eigenvalue weighted by Crippen LogP contribution is 2.19. The fraction of sp³-hybridized carbons (Fsp3) is 0.0588. The van der Waals surface area contributed by atoms with E-state index in [1.54, 1.807) is 24.5 Å². The van der Waals surface area contributed by atoms with Gasteiger partial charge in [-0.05, 0) is 30.2 Å². The van der Waals surface area contributed by atoms with E-state index in [-0.39, 0.29) is 10.6 Å². The highest BCUT2D eigenvalue weighted by atomic mass is 16.6. The van der Waals surface area contributed by atoms with Crippen LogP contribution in [0.15, 0.2) is 67.3 Å². The maximum absolute atomic E-state index is 10.8. The lowest BCUT2D eigenvalue weighted by Gasteiger charge is -2.02. The van der Waals surface area contributed by atoms with Crippen molar-refractivity contribution in [1.29, 1.82) is 0 Å². The first kappa shape index (κ1) is 13.9. The molecule has 108 valence electrons. The Balaban J connectivity index is 1.95. The van der Waals surface area contributed by atoms with Crippen molar-refractivity contribution in [2.75, 3.05) is 0 Å². The first-order chi connectivity index (χ1) is 10.6. The zero-order valence-electron chi connectivity index (χ0n) is 12.0. The van der Waals surface area contributed by atoms with Crippen molar-refractivity contribution in [1.82, 2.24) is 4.98 Å². The summed E-state index contributed by atoms with van der Waals surface area (Å²) in [6, 6.07) is 12.8. The van der Waals surface area contributed by atoms with Gasteiger partial charge in [-0.15, -0.1) is 0 Å². The summed E-state index contributed by atoms with van der Waals surface area (Å²) < 4.78 is 1.95. The molecule has 1 aromatic carbocycles. The molecule has 2 heterocycles. The molecule has 0 fully saturated rings. The standard InChI is InChI=1S/C17H14N3O2/c1-13-12-16(20(21)22)2-3-17(13)19-10-6-15(7-11-19)14-4-8-18-9-5-14/h2-12H,1H3/q+1. The Labute approximate surface area is 127 Å². The summed E-state index contributed by atoms with van der Waals surface area (Å²) >= 11 is 0. The summed E-state index contributed by atoms with van der Waals surface area (Å²) in [7, 11) is 0.